The summed E-state index contributed by atoms with van der Waals surface area (Å²) in [6.07, 6.45) is 3.37. The quantitative estimate of drug-likeness (QED) is 0.766. The highest BCUT2D eigenvalue weighted by Gasteiger charge is 2.64. The van der Waals surface area contributed by atoms with E-state index < -0.39 is 22.8 Å². The number of thioether (sulfide) groups is 1. The van der Waals surface area contributed by atoms with E-state index in [1.807, 2.05) is 0 Å². The zero-order valence-electron chi connectivity index (χ0n) is 12.7. The summed E-state index contributed by atoms with van der Waals surface area (Å²) in [5.41, 5.74) is 0.809. The first kappa shape index (κ1) is 15.8. The first-order chi connectivity index (χ1) is 10.8. The Kier molecular flexibility index (Phi) is 3.79. The zero-order chi connectivity index (χ0) is 16.8. The van der Waals surface area contributed by atoms with Crippen LogP contribution in [0.2, 0.25) is 0 Å². The van der Waals surface area contributed by atoms with E-state index in [1.54, 1.807) is 38.4 Å². The van der Waals surface area contributed by atoms with Crippen LogP contribution in [0.4, 0.5) is 0 Å². The van der Waals surface area contributed by atoms with Crippen molar-refractivity contribution in [3.63, 3.8) is 0 Å². The smallest absolute Gasteiger partial charge is 0.327 e. The molecule has 3 atom stereocenters. The third-order valence-electron chi connectivity index (χ3n) is 4.11. The number of amides is 2. The molecule has 0 aromatic carbocycles. The second-order valence-electron chi connectivity index (χ2n) is 6.18. The van der Waals surface area contributed by atoms with E-state index in [1.165, 1.54) is 16.7 Å². The summed E-state index contributed by atoms with van der Waals surface area (Å²) in [4.78, 5) is 41.0. The van der Waals surface area contributed by atoms with Gasteiger partial charge in [0.1, 0.15) is 17.5 Å². The fraction of sp³-hybridized carbons (Fsp3) is 0.467. The molecular formula is C15H17N3O4S. The van der Waals surface area contributed by atoms with Crippen LogP contribution < -0.4 is 5.32 Å². The minimum Gasteiger partial charge on any atom is -0.480 e. The van der Waals surface area contributed by atoms with Crippen molar-refractivity contribution in [2.75, 3.05) is 0 Å². The van der Waals surface area contributed by atoms with E-state index in [0.717, 1.165) is 5.56 Å². The Balaban J connectivity index is 1.66. The van der Waals surface area contributed by atoms with Gasteiger partial charge in [0.15, 0.2) is 0 Å². The average Bonchev–Trinajstić information content (AvgIpc) is 2.74. The Morgan fingerprint density at radius 1 is 1.39 bits per heavy atom. The van der Waals surface area contributed by atoms with Gasteiger partial charge in [-0.15, -0.1) is 11.8 Å². The third kappa shape index (κ3) is 2.67. The monoisotopic (exact) mass is 335 g/mol. The largest absolute Gasteiger partial charge is 0.480 e. The van der Waals surface area contributed by atoms with Crippen LogP contribution in [0.5, 0.6) is 0 Å². The van der Waals surface area contributed by atoms with Gasteiger partial charge in [0.2, 0.25) is 11.8 Å². The Morgan fingerprint density at radius 3 is 2.65 bits per heavy atom. The van der Waals surface area contributed by atoms with Gasteiger partial charge in [-0.05, 0) is 31.5 Å². The molecule has 0 saturated carbocycles. The molecule has 2 amide bonds. The number of carbonyl (C=O) groups excluding carboxylic acids is 2. The van der Waals surface area contributed by atoms with E-state index in [0.29, 0.717) is 0 Å². The molecule has 8 heteroatoms. The number of carboxylic acid groups (broad SMARTS) is 1. The number of carbonyl (C=O) groups is 3. The van der Waals surface area contributed by atoms with E-state index in [9.17, 15) is 19.5 Å². The topological polar surface area (TPSA) is 99.6 Å². The van der Waals surface area contributed by atoms with Crippen LogP contribution in [-0.2, 0) is 20.8 Å². The van der Waals surface area contributed by atoms with Crippen molar-refractivity contribution < 1.29 is 19.5 Å². The van der Waals surface area contributed by atoms with Crippen LogP contribution in [0.25, 0.3) is 0 Å². The molecule has 2 aliphatic heterocycles. The first-order valence-electron chi connectivity index (χ1n) is 7.22. The van der Waals surface area contributed by atoms with Crippen molar-refractivity contribution in [1.82, 2.24) is 15.2 Å². The number of nitrogens with zero attached hydrogens (tertiary/aromatic N) is 2. The van der Waals surface area contributed by atoms with Crippen LogP contribution in [-0.4, -0.2) is 55.0 Å². The summed E-state index contributed by atoms with van der Waals surface area (Å²) in [5, 5.41) is 11.8. The minimum atomic E-state index is -1.01. The lowest BCUT2D eigenvalue weighted by Gasteiger charge is -2.43. The van der Waals surface area contributed by atoms with Gasteiger partial charge < -0.3 is 15.3 Å². The summed E-state index contributed by atoms with van der Waals surface area (Å²) < 4.78 is -0.587. The molecule has 0 spiro atoms. The molecule has 0 aliphatic carbocycles. The minimum absolute atomic E-state index is 0.162. The number of β-lactam (4-membered cyclic amide) rings is 1. The fourth-order valence-corrected chi connectivity index (χ4v) is 4.68. The Bertz CT molecular complexity index is 664. The number of carboxylic acids is 1. The average molecular weight is 335 g/mol. The number of fused-ring (bicyclic) bond motifs is 1. The molecule has 2 fully saturated rings. The first-order valence-corrected chi connectivity index (χ1v) is 8.10. The van der Waals surface area contributed by atoms with E-state index in [-0.39, 0.29) is 23.6 Å². The van der Waals surface area contributed by atoms with Crippen molar-refractivity contribution in [3.8, 4) is 0 Å². The van der Waals surface area contributed by atoms with Crippen molar-refractivity contribution in [3.05, 3.63) is 30.1 Å². The Morgan fingerprint density at radius 2 is 2.04 bits per heavy atom. The molecule has 3 heterocycles. The van der Waals surface area contributed by atoms with E-state index in [4.69, 9.17) is 0 Å². The summed E-state index contributed by atoms with van der Waals surface area (Å²) >= 11 is 1.41. The number of aromatic nitrogens is 1. The third-order valence-corrected chi connectivity index (χ3v) is 5.68. The summed E-state index contributed by atoms with van der Waals surface area (Å²) in [5.74, 6) is -1.60. The Labute approximate surface area is 137 Å². The maximum Gasteiger partial charge on any atom is 0.327 e. The predicted octanol–water partition coefficient (Wildman–Crippen LogP) is 0.256. The number of hydrogen-bond acceptors (Lipinski definition) is 5. The SMILES string of the molecule is CC1(C)SC2C(NC(=O)Cc3ccncc3)C(=O)N2C1C(=O)O. The van der Waals surface area contributed by atoms with Crippen LogP contribution in [0, 0.1) is 0 Å². The number of pyridine rings is 1. The lowest BCUT2D eigenvalue weighted by Crippen LogP contribution is -2.70. The molecule has 0 bridgehead atoms. The van der Waals surface area contributed by atoms with Crippen molar-refractivity contribution >= 4 is 29.5 Å². The highest BCUT2D eigenvalue weighted by molar-refractivity contribution is 8.01. The molecule has 122 valence electrons. The fourth-order valence-electron chi connectivity index (χ4n) is 3.06. The molecule has 2 N–H and O–H groups in total. The van der Waals surface area contributed by atoms with Crippen molar-refractivity contribution in [2.45, 2.75) is 42.5 Å². The molecule has 3 unspecified atom stereocenters. The molecule has 23 heavy (non-hydrogen) atoms. The molecule has 1 aromatic rings. The molecule has 7 nitrogen and oxygen atoms in total. The number of nitrogens with one attached hydrogen (secondary N) is 1. The molecule has 2 saturated heterocycles. The standard InChI is InChI=1S/C15H17N3O4S/c1-15(2)11(14(21)22)18-12(20)10(13(18)23-15)17-9(19)7-8-3-5-16-6-4-8/h3-6,10-11,13H,7H2,1-2H3,(H,17,19)(H,21,22). The molecule has 2 aliphatic rings. The van der Waals surface area contributed by atoms with Gasteiger partial charge in [-0.2, -0.15) is 0 Å². The van der Waals surface area contributed by atoms with Crippen LogP contribution in [0.1, 0.15) is 19.4 Å². The maximum atomic E-state index is 12.3. The van der Waals surface area contributed by atoms with Gasteiger partial charge in [-0.3, -0.25) is 14.6 Å². The molecule has 3 rings (SSSR count). The molecular weight excluding hydrogens is 318 g/mol. The molecule has 0 radical (unpaired) electrons. The summed E-state index contributed by atoms with van der Waals surface area (Å²) in [7, 11) is 0. The predicted molar refractivity (Wildman–Crippen MR) is 83.6 cm³/mol. The van der Waals surface area contributed by atoms with E-state index >= 15 is 0 Å². The van der Waals surface area contributed by atoms with Crippen molar-refractivity contribution in [1.29, 1.82) is 0 Å². The number of rotatable bonds is 4. The number of hydrogen-bond donors (Lipinski definition) is 2. The van der Waals surface area contributed by atoms with Crippen molar-refractivity contribution in [2.24, 2.45) is 0 Å². The molecule has 1 aromatic heterocycles. The van der Waals surface area contributed by atoms with Crippen LogP contribution in [0.15, 0.2) is 24.5 Å². The lowest BCUT2D eigenvalue weighted by atomic mass is 9.96. The van der Waals surface area contributed by atoms with E-state index in [2.05, 4.69) is 10.3 Å². The van der Waals surface area contributed by atoms with Crippen LogP contribution >= 0.6 is 11.8 Å². The second kappa shape index (κ2) is 5.52. The van der Waals surface area contributed by atoms with Gasteiger partial charge in [-0.1, -0.05) is 0 Å². The van der Waals surface area contributed by atoms with Gasteiger partial charge in [-0.25, -0.2) is 4.79 Å². The van der Waals surface area contributed by atoms with Gasteiger partial charge in [0, 0.05) is 17.1 Å². The van der Waals surface area contributed by atoms with Gasteiger partial charge in [0.25, 0.3) is 0 Å². The lowest BCUT2D eigenvalue weighted by molar-refractivity contribution is -0.161. The number of aliphatic carboxylic acids is 1. The highest BCUT2D eigenvalue weighted by atomic mass is 32.2. The van der Waals surface area contributed by atoms with Crippen LogP contribution in [0.3, 0.4) is 0 Å². The van der Waals surface area contributed by atoms with Gasteiger partial charge in [0.05, 0.1) is 6.42 Å². The normalized spacial score (nSPS) is 28.0. The zero-order valence-corrected chi connectivity index (χ0v) is 13.5. The Hall–Kier alpha value is -2.09. The van der Waals surface area contributed by atoms with Gasteiger partial charge >= 0.3 is 5.97 Å². The highest BCUT2D eigenvalue weighted by Crippen LogP contribution is 2.50. The summed E-state index contributed by atoms with van der Waals surface area (Å²) in [6, 6.07) is 1.96. The summed E-state index contributed by atoms with van der Waals surface area (Å²) in [6.45, 7) is 3.61. The second-order valence-corrected chi connectivity index (χ2v) is 7.95. The maximum absolute atomic E-state index is 12.3.